The number of piperazine rings is 1. The molecule has 1 unspecified atom stereocenters. The van der Waals surface area contributed by atoms with Crippen molar-refractivity contribution in [2.24, 2.45) is 5.73 Å². The maximum Gasteiger partial charge on any atom is 0.261 e. The standard InChI is InChI=1S/C14H19N3O3S/c1-9(13(15)21)16-5-7-17(8-6-16)14(20)12-10(18)3-2-4-11(12)19/h2-4,9,18-19H,5-8H2,1H3,(H2,15,21). The Morgan fingerprint density at radius 2 is 1.76 bits per heavy atom. The Morgan fingerprint density at radius 1 is 1.24 bits per heavy atom. The summed E-state index contributed by atoms with van der Waals surface area (Å²) in [6, 6.07) is 4.26. The fraction of sp³-hybridized carbons (Fsp3) is 0.429. The van der Waals surface area contributed by atoms with E-state index >= 15 is 0 Å². The van der Waals surface area contributed by atoms with Gasteiger partial charge in [-0.3, -0.25) is 9.69 Å². The minimum atomic E-state index is -0.367. The lowest BCUT2D eigenvalue weighted by atomic mass is 10.1. The van der Waals surface area contributed by atoms with Gasteiger partial charge in [0.1, 0.15) is 17.1 Å². The summed E-state index contributed by atoms with van der Waals surface area (Å²) in [5, 5.41) is 19.5. The van der Waals surface area contributed by atoms with Crippen LogP contribution in [0.25, 0.3) is 0 Å². The van der Waals surface area contributed by atoms with Gasteiger partial charge in [0, 0.05) is 26.2 Å². The highest BCUT2D eigenvalue weighted by molar-refractivity contribution is 7.80. The molecular formula is C14H19N3O3S. The third-order valence-electron chi connectivity index (χ3n) is 3.80. The van der Waals surface area contributed by atoms with Gasteiger partial charge in [-0.2, -0.15) is 0 Å². The number of thiocarbonyl (C=S) groups is 1. The summed E-state index contributed by atoms with van der Waals surface area (Å²) in [6.45, 7) is 4.24. The maximum absolute atomic E-state index is 12.4. The van der Waals surface area contributed by atoms with E-state index in [1.165, 1.54) is 18.2 Å². The zero-order valence-corrected chi connectivity index (χ0v) is 12.6. The molecule has 1 amide bonds. The highest BCUT2D eigenvalue weighted by Gasteiger charge is 2.28. The molecule has 0 bridgehead atoms. The first-order chi connectivity index (χ1) is 9.91. The number of phenols is 2. The zero-order chi connectivity index (χ0) is 15.6. The summed E-state index contributed by atoms with van der Waals surface area (Å²) in [5.41, 5.74) is 5.59. The molecule has 0 radical (unpaired) electrons. The SMILES string of the molecule is CC(C(N)=S)N1CCN(C(=O)c2c(O)cccc2O)CC1. The van der Waals surface area contributed by atoms with Crippen molar-refractivity contribution in [3.8, 4) is 11.5 Å². The summed E-state index contributed by atoms with van der Waals surface area (Å²) >= 11 is 4.98. The average molecular weight is 309 g/mol. The maximum atomic E-state index is 12.4. The van der Waals surface area contributed by atoms with Crippen LogP contribution in [0.1, 0.15) is 17.3 Å². The number of benzene rings is 1. The fourth-order valence-electron chi connectivity index (χ4n) is 2.40. The van der Waals surface area contributed by atoms with Gasteiger partial charge in [-0.15, -0.1) is 0 Å². The van der Waals surface area contributed by atoms with Crippen LogP contribution < -0.4 is 5.73 Å². The molecule has 0 aromatic heterocycles. The average Bonchev–Trinajstić information content (AvgIpc) is 2.46. The third kappa shape index (κ3) is 3.25. The summed E-state index contributed by atoms with van der Waals surface area (Å²) in [5.74, 6) is -0.786. The van der Waals surface area contributed by atoms with Crippen LogP contribution in [-0.4, -0.2) is 63.1 Å². The van der Waals surface area contributed by atoms with Crippen molar-refractivity contribution in [1.82, 2.24) is 9.80 Å². The van der Waals surface area contributed by atoms with Crippen molar-refractivity contribution < 1.29 is 15.0 Å². The van der Waals surface area contributed by atoms with Gasteiger partial charge in [-0.25, -0.2) is 0 Å². The number of aromatic hydroxyl groups is 2. The molecule has 1 aromatic carbocycles. The number of rotatable bonds is 3. The third-order valence-corrected chi connectivity index (χ3v) is 4.14. The lowest BCUT2D eigenvalue weighted by molar-refractivity contribution is 0.0616. The molecule has 1 fully saturated rings. The van der Waals surface area contributed by atoms with Crippen LogP contribution in [-0.2, 0) is 0 Å². The highest BCUT2D eigenvalue weighted by atomic mass is 32.1. The molecule has 0 aliphatic carbocycles. The van der Waals surface area contributed by atoms with Gasteiger partial charge >= 0.3 is 0 Å². The predicted octanol–water partition coefficient (Wildman–Crippen LogP) is 0.530. The number of carbonyl (C=O) groups is 1. The molecule has 114 valence electrons. The molecule has 21 heavy (non-hydrogen) atoms. The highest BCUT2D eigenvalue weighted by Crippen LogP contribution is 2.28. The minimum absolute atomic E-state index is 0.00390. The van der Waals surface area contributed by atoms with Crippen LogP contribution in [0.4, 0.5) is 0 Å². The van der Waals surface area contributed by atoms with Gasteiger partial charge in [0.2, 0.25) is 0 Å². The molecule has 0 saturated carbocycles. The Kier molecular flexibility index (Phi) is 4.64. The first kappa shape index (κ1) is 15.5. The number of carbonyl (C=O) groups excluding carboxylic acids is 1. The molecule has 1 aliphatic rings. The Balaban J connectivity index is 2.06. The van der Waals surface area contributed by atoms with Gasteiger partial charge in [-0.1, -0.05) is 18.3 Å². The number of nitrogens with zero attached hydrogens (tertiary/aromatic N) is 2. The molecule has 1 aromatic rings. The number of hydrogen-bond acceptors (Lipinski definition) is 5. The van der Waals surface area contributed by atoms with E-state index in [4.69, 9.17) is 18.0 Å². The number of phenolic OH excluding ortho intramolecular Hbond substituents is 2. The minimum Gasteiger partial charge on any atom is -0.507 e. The van der Waals surface area contributed by atoms with Gasteiger partial charge in [0.05, 0.1) is 11.0 Å². The van der Waals surface area contributed by atoms with Crippen molar-refractivity contribution in [3.63, 3.8) is 0 Å². The second-order valence-electron chi connectivity index (χ2n) is 5.08. The van der Waals surface area contributed by atoms with Crippen LogP contribution in [0.3, 0.4) is 0 Å². The normalized spacial score (nSPS) is 17.5. The van der Waals surface area contributed by atoms with E-state index < -0.39 is 0 Å². The molecular weight excluding hydrogens is 290 g/mol. The van der Waals surface area contributed by atoms with E-state index in [1.807, 2.05) is 6.92 Å². The van der Waals surface area contributed by atoms with Gasteiger partial charge < -0.3 is 20.8 Å². The number of hydrogen-bond donors (Lipinski definition) is 3. The lowest BCUT2D eigenvalue weighted by Crippen LogP contribution is -2.53. The van der Waals surface area contributed by atoms with E-state index in [0.29, 0.717) is 31.2 Å². The van der Waals surface area contributed by atoms with E-state index in [9.17, 15) is 15.0 Å². The molecule has 6 nitrogen and oxygen atoms in total. The van der Waals surface area contributed by atoms with Gasteiger partial charge in [0.25, 0.3) is 5.91 Å². The van der Waals surface area contributed by atoms with Crippen LogP contribution >= 0.6 is 12.2 Å². The monoisotopic (exact) mass is 309 g/mol. The van der Waals surface area contributed by atoms with Gasteiger partial charge in [-0.05, 0) is 19.1 Å². The lowest BCUT2D eigenvalue weighted by Gasteiger charge is -2.37. The van der Waals surface area contributed by atoms with E-state index in [2.05, 4.69) is 4.90 Å². The molecule has 2 rings (SSSR count). The number of nitrogens with two attached hydrogens (primary N) is 1. The largest absolute Gasteiger partial charge is 0.507 e. The Labute approximate surface area is 128 Å². The smallest absolute Gasteiger partial charge is 0.261 e. The summed E-state index contributed by atoms with van der Waals surface area (Å²) in [4.78, 5) is 16.5. The topological polar surface area (TPSA) is 90.0 Å². The molecule has 1 saturated heterocycles. The molecule has 1 atom stereocenters. The first-order valence-electron chi connectivity index (χ1n) is 6.75. The number of amides is 1. The second kappa shape index (κ2) is 6.28. The summed E-state index contributed by atoms with van der Waals surface area (Å²) in [7, 11) is 0. The quantitative estimate of drug-likeness (QED) is 0.706. The fourth-order valence-corrected chi connectivity index (χ4v) is 2.55. The van der Waals surface area contributed by atoms with Crippen LogP contribution in [0.2, 0.25) is 0 Å². The van der Waals surface area contributed by atoms with Crippen LogP contribution in [0, 0.1) is 0 Å². The Morgan fingerprint density at radius 3 is 2.24 bits per heavy atom. The first-order valence-corrected chi connectivity index (χ1v) is 7.16. The van der Waals surface area contributed by atoms with Gasteiger partial charge in [0.15, 0.2) is 0 Å². The van der Waals surface area contributed by atoms with Crippen LogP contribution in [0.5, 0.6) is 11.5 Å². The Hall–Kier alpha value is -1.86. The van der Waals surface area contributed by atoms with Crippen LogP contribution in [0.15, 0.2) is 18.2 Å². The van der Waals surface area contributed by atoms with Crippen molar-refractivity contribution in [2.45, 2.75) is 13.0 Å². The molecule has 1 aliphatic heterocycles. The summed E-state index contributed by atoms with van der Waals surface area (Å²) in [6.07, 6.45) is 0. The van der Waals surface area contributed by atoms with Crippen molar-refractivity contribution in [1.29, 1.82) is 0 Å². The summed E-state index contributed by atoms with van der Waals surface area (Å²) < 4.78 is 0. The zero-order valence-electron chi connectivity index (χ0n) is 11.8. The molecule has 1 heterocycles. The Bertz CT molecular complexity index is 536. The molecule has 4 N–H and O–H groups in total. The predicted molar refractivity (Wildman–Crippen MR) is 83.5 cm³/mol. The van der Waals surface area contributed by atoms with E-state index in [0.717, 1.165) is 0 Å². The van der Waals surface area contributed by atoms with Crippen molar-refractivity contribution in [2.75, 3.05) is 26.2 Å². The molecule has 7 heteroatoms. The van der Waals surface area contributed by atoms with E-state index in [-0.39, 0.29) is 29.0 Å². The van der Waals surface area contributed by atoms with Crippen molar-refractivity contribution >= 4 is 23.1 Å². The van der Waals surface area contributed by atoms with E-state index in [1.54, 1.807) is 4.90 Å². The molecule has 0 spiro atoms. The second-order valence-corrected chi connectivity index (χ2v) is 5.55. The van der Waals surface area contributed by atoms with Crippen molar-refractivity contribution in [3.05, 3.63) is 23.8 Å².